The second-order valence-electron chi connectivity index (χ2n) is 5.98. The third kappa shape index (κ3) is 4.06. The second kappa shape index (κ2) is 8.90. The van der Waals surface area contributed by atoms with Crippen LogP contribution >= 0.6 is 0 Å². The lowest BCUT2D eigenvalue weighted by Gasteiger charge is -2.25. The summed E-state index contributed by atoms with van der Waals surface area (Å²) in [5, 5.41) is 11.0. The zero-order valence-electron chi connectivity index (χ0n) is 15.7. The number of hydrogen-bond donors (Lipinski definition) is 0. The van der Waals surface area contributed by atoms with Crippen LogP contribution in [0, 0.1) is 0 Å². The van der Waals surface area contributed by atoms with Gasteiger partial charge in [0.2, 0.25) is 6.10 Å². The Morgan fingerprint density at radius 3 is 2.36 bits per heavy atom. The molecular weight excluding hydrogens is 358 g/mol. The van der Waals surface area contributed by atoms with E-state index in [0.717, 1.165) is 0 Å². The van der Waals surface area contributed by atoms with Crippen molar-refractivity contribution in [3.63, 3.8) is 0 Å². The minimum Gasteiger partial charge on any atom is -0.444 e. The summed E-state index contributed by atoms with van der Waals surface area (Å²) < 4.78 is 7.07. The van der Waals surface area contributed by atoms with Gasteiger partial charge in [-0.15, -0.1) is 5.10 Å². The number of hydrogen-bond acceptors (Lipinski definition) is 6. The molecule has 0 saturated carbocycles. The molecule has 0 bridgehead atoms. The lowest BCUT2D eigenvalue weighted by molar-refractivity contribution is -0.140. The van der Waals surface area contributed by atoms with Crippen LogP contribution in [0.15, 0.2) is 60.9 Å². The predicted molar refractivity (Wildman–Crippen MR) is 102 cm³/mol. The van der Waals surface area contributed by atoms with Crippen molar-refractivity contribution in [2.75, 3.05) is 13.1 Å². The molecule has 144 valence electrons. The Bertz CT molecular complexity index is 924. The Hall–Kier alpha value is -3.55. The number of carbonyl (C=O) groups excluding carboxylic acids is 2. The normalized spacial score (nSPS) is 11.6. The molecule has 3 rings (SSSR count). The Morgan fingerprint density at radius 1 is 1.04 bits per heavy atom. The summed E-state index contributed by atoms with van der Waals surface area (Å²) in [5.74, 6) is -0.884. The molecule has 1 amide bonds. The van der Waals surface area contributed by atoms with Gasteiger partial charge in [0.25, 0.3) is 5.91 Å². The smallest absolute Gasteiger partial charge is 0.341 e. The minimum atomic E-state index is -1.03. The van der Waals surface area contributed by atoms with Gasteiger partial charge in [-0.3, -0.25) is 4.79 Å². The Balaban J connectivity index is 1.94. The molecule has 8 nitrogen and oxygen atoms in total. The second-order valence-corrected chi connectivity index (χ2v) is 5.98. The minimum absolute atomic E-state index is 0.260. The number of para-hydroxylation sites is 1. The summed E-state index contributed by atoms with van der Waals surface area (Å²) in [5.41, 5.74) is 1.36. The average Bonchev–Trinajstić information content (AvgIpc) is 3.28. The molecule has 0 saturated heterocycles. The van der Waals surface area contributed by atoms with Crippen LogP contribution in [0.5, 0.6) is 0 Å². The van der Waals surface area contributed by atoms with E-state index in [4.69, 9.17) is 4.74 Å². The quantitative estimate of drug-likeness (QED) is 0.586. The van der Waals surface area contributed by atoms with E-state index in [2.05, 4.69) is 15.5 Å². The zero-order valence-corrected chi connectivity index (χ0v) is 15.7. The van der Waals surface area contributed by atoms with Crippen molar-refractivity contribution in [2.24, 2.45) is 0 Å². The first-order valence-electron chi connectivity index (χ1n) is 9.02. The maximum absolute atomic E-state index is 13.0. The van der Waals surface area contributed by atoms with Crippen LogP contribution in [0.4, 0.5) is 0 Å². The van der Waals surface area contributed by atoms with Gasteiger partial charge < -0.3 is 9.64 Å². The molecule has 0 spiro atoms. The topological polar surface area (TPSA) is 90.2 Å². The van der Waals surface area contributed by atoms with Crippen LogP contribution in [-0.4, -0.2) is 50.1 Å². The summed E-state index contributed by atoms with van der Waals surface area (Å²) in [6, 6.07) is 15.8. The number of carbonyl (C=O) groups is 2. The highest BCUT2D eigenvalue weighted by Crippen LogP contribution is 2.24. The Kier molecular flexibility index (Phi) is 6.11. The van der Waals surface area contributed by atoms with E-state index in [9.17, 15) is 9.59 Å². The number of benzene rings is 2. The van der Waals surface area contributed by atoms with E-state index in [-0.39, 0.29) is 11.5 Å². The molecule has 1 aromatic heterocycles. The van der Waals surface area contributed by atoms with Crippen LogP contribution in [0.2, 0.25) is 0 Å². The summed E-state index contributed by atoms with van der Waals surface area (Å²) in [7, 11) is 0. The lowest BCUT2D eigenvalue weighted by Crippen LogP contribution is -2.36. The molecule has 8 heteroatoms. The van der Waals surface area contributed by atoms with Gasteiger partial charge in [-0.1, -0.05) is 42.5 Å². The van der Waals surface area contributed by atoms with E-state index in [1.807, 2.05) is 19.9 Å². The highest BCUT2D eigenvalue weighted by molar-refractivity contribution is 5.95. The Labute approximate surface area is 162 Å². The summed E-state index contributed by atoms with van der Waals surface area (Å²) in [4.78, 5) is 27.6. The Morgan fingerprint density at radius 2 is 1.71 bits per heavy atom. The van der Waals surface area contributed by atoms with Gasteiger partial charge >= 0.3 is 5.97 Å². The molecule has 1 atom stereocenters. The van der Waals surface area contributed by atoms with Gasteiger partial charge in [0.15, 0.2) is 0 Å². The summed E-state index contributed by atoms with van der Waals surface area (Å²) in [6.07, 6.45) is 0.359. The van der Waals surface area contributed by atoms with Crippen molar-refractivity contribution in [2.45, 2.75) is 20.0 Å². The van der Waals surface area contributed by atoms with Crippen molar-refractivity contribution >= 4 is 11.9 Å². The first kappa shape index (κ1) is 19.2. The number of amides is 1. The standard InChI is InChI=1S/C20H21N5O3/c1-3-24(4-2)19(26)18(15-10-6-5-7-11-15)28-20(27)16-12-8-9-13-17(16)25-14-21-22-23-25/h5-14,18H,3-4H2,1-2H3. The predicted octanol–water partition coefficient (Wildman–Crippen LogP) is 2.43. The average molecular weight is 379 g/mol. The van der Waals surface area contributed by atoms with Crippen molar-refractivity contribution in [1.82, 2.24) is 25.1 Å². The molecular formula is C20H21N5O3. The van der Waals surface area contributed by atoms with Gasteiger partial charge in [-0.05, 0) is 36.4 Å². The molecule has 0 aliphatic rings. The van der Waals surface area contributed by atoms with Gasteiger partial charge in [0, 0.05) is 18.7 Å². The zero-order chi connectivity index (χ0) is 19.9. The number of aromatic nitrogens is 4. The van der Waals surface area contributed by atoms with Crippen LogP contribution in [0.3, 0.4) is 0 Å². The van der Waals surface area contributed by atoms with Crippen molar-refractivity contribution in [3.05, 3.63) is 72.1 Å². The van der Waals surface area contributed by atoms with E-state index >= 15 is 0 Å². The highest BCUT2D eigenvalue weighted by Gasteiger charge is 2.29. The lowest BCUT2D eigenvalue weighted by atomic mass is 10.1. The number of likely N-dealkylation sites (N-methyl/N-ethyl adjacent to an activating group) is 1. The number of tetrazole rings is 1. The van der Waals surface area contributed by atoms with Crippen molar-refractivity contribution < 1.29 is 14.3 Å². The molecule has 2 aromatic carbocycles. The molecule has 0 aliphatic carbocycles. The van der Waals surface area contributed by atoms with Gasteiger partial charge in [0.05, 0.1) is 11.3 Å². The van der Waals surface area contributed by atoms with E-state index in [1.165, 1.54) is 11.0 Å². The number of rotatable bonds is 7. The van der Waals surface area contributed by atoms with E-state index < -0.39 is 12.1 Å². The number of ether oxygens (including phenoxy) is 1. The molecule has 28 heavy (non-hydrogen) atoms. The van der Waals surface area contributed by atoms with Crippen molar-refractivity contribution in [1.29, 1.82) is 0 Å². The number of esters is 1. The first-order valence-corrected chi connectivity index (χ1v) is 9.02. The fraction of sp³-hybridized carbons (Fsp3) is 0.250. The van der Waals surface area contributed by atoms with E-state index in [1.54, 1.807) is 53.4 Å². The van der Waals surface area contributed by atoms with Gasteiger partial charge in [-0.2, -0.15) is 4.68 Å². The van der Waals surface area contributed by atoms with Crippen LogP contribution in [0.25, 0.3) is 5.69 Å². The van der Waals surface area contributed by atoms with Gasteiger partial charge in [0.1, 0.15) is 6.33 Å². The van der Waals surface area contributed by atoms with Crippen molar-refractivity contribution in [3.8, 4) is 5.69 Å². The van der Waals surface area contributed by atoms with E-state index in [0.29, 0.717) is 24.3 Å². The molecule has 3 aromatic rings. The summed E-state index contributed by atoms with van der Waals surface area (Å²) >= 11 is 0. The fourth-order valence-electron chi connectivity index (χ4n) is 2.88. The maximum atomic E-state index is 13.0. The van der Waals surface area contributed by atoms with Gasteiger partial charge in [-0.25, -0.2) is 4.79 Å². The maximum Gasteiger partial charge on any atom is 0.341 e. The molecule has 1 heterocycles. The summed E-state index contributed by atoms with van der Waals surface area (Å²) in [6.45, 7) is 4.82. The van der Waals surface area contributed by atoms with Crippen LogP contribution in [0.1, 0.15) is 35.9 Å². The van der Waals surface area contributed by atoms with Crippen LogP contribution < -0.4 is 0 Å². The molecule has 0 N–H and O–H groups in total. The largest absolute Gasteiger partial charge is 0.444 e. The molecule has 0 aliphatic heterocycles. The molecule has 1 unspecified atom stereocenters. The number of nitrogens with zero attached hydrogens (tertiary/aromatic N) is 5. The SMILES string of the molecule is CCN(CC)C(=O)C(OC(=O)c1ccccc1-n1cnnn1)c1ccccc1. The monoisotopic (exact) mass is 379 g/mol. The third-order valence-electron chi connectivity index (χ3n) is 4.35. The highest BCUT2D eigenvalue weighted by atomic mass is 16.5. The molecule has 0 fully saturated rings. The first-order chi connectivity index (χ1) is 13.7. The van der Waals surface area contributed by atoms with Crippen LogP contribution in [-0.2, 0) is 9.53 Å². The molecule has 0 radical (unpaired) electrons. The third-order valence-corrected chi connectivity index (χ3v) is 4.35. The fourth-order valence-corrected chi connectivity index (χ4v) is 2.88.